The van der Waals surface area contributed by atoms with Crippen LogP contribution in [-0.4, -0.2) is 87.5 Å². The minimum atomic E-state index is -1.56. The Morgan fingerprint density at radius 1 is 0.688 bits per heavy atom. The Bertz CT molecular complexity index is 766. The van der Waals surface area contributed by atoms with Crippen molar-refractivity contribution in [3.05, 3.63) is 12.2 Å². The zero-order valence-electron chi connectivity index (χ0n) is 30.7. The summed E-state index contributed by atoms with van der Waals surface area (Å²) in [5, 5.41) is 53.9. The molecule has 284 valence electrons. The lowest BCUT2D eigenvalue weighted by Crippen LogP contribution is -2.60. The van der Waals surface area contributed by atoms with Crippen molar-refractivity contribution in [1.82, 2.24) is 5.32 Å². The summed E-state index contributed by atoms with van der Waals surface area (Å²) < 4.78 is 11.1. The van der Waals surface area contributed by atoms with E-state index in [1.807, 2.05) is 6.08 Å². The smallest absolute Gasteiger partial charge is 0.220 e. The summed E-state index contributed by atoms with van der Waals surface area (Å²) in [5.41, 5.74) is 0. The van der Waals surface area contributed by atoms with Crippen LogP contribution >= 0.6 is 0 Å². The van der Waals surface area contributed by atoms with Crippen LogP contribution in [0.1, 0.15) is 174 Å². The van der Waals surface area contributed by atoms with Gasteiger partial charge in [-0.3, -0.25) is 4.79 Å². The minimum absolute atomic E-state index is 0.181. The molecule has 0 radical (unpaired) electrons. The molecular weight excluding hydrogens is 610 g/mol. The van der Waals surface area contributed by atoms with Crippen LogP contribution in [0, 0.1) is 0 Å². The zero-order chi connectivity index (χ0) is 35.2. The number of carbonyl (C=O) groups excluding carboxylic acids is 1. The second-order valence-electron chi connectivity index (χ2n) is 14.1. The van der Waals surface area contributed by atoms with Gasteiger partial charge in [0.25, 0.3) is 0 Å². The summed E-state index contributed by atoms with van der Waals surface area (Å²) in [6.07, 6.45) is 25.4. The number of carbonyl (C=O) groups is 1. The summed E-state index contributed by atoms with van der Waals surface area (Å²) in [4.78, 5) is 12.8. The quantitative estimate of drug-likeness (QED) is 0.0328. The van der Waals surface area contributed by atoms with Crippen molar-refractivity contribution in [2.75, 3.05) is 13.2 Å². The van der Waals surface area contributed by atoms with E-state index >= 15 is 0 Å². The summed E-state index contributed by atoms with van der Waals surface area (Å²) in [5.74, 6) is -0.181. The molecule has 2 unspecified atom stereocenters. The highest BCUT2D eigenvalue weighted by molar-refractivity contribution is 5.76. The van der Waals surface area contributed by atoms with Crippen molar-refractivity contribution >= 4 is 5.91 Å². The molecular formula is C39H75NO8. The van der Waals surface area contributed by atoms with E-state index in [0.717, 1.165) is 38.5 Å². The number of unbranched alkanes of at least 4 members (excludes halogenated alkanes) is 22. The predicted octanol–water partition coefficient (Wildman–Crippen LogP) is 7.00. The zero-order valence-corrected chi connectivity index (χ0v) is 30.7. The number of ether oxygens (including phenoxy) is 2. The molecule has 0 aromatic rings. The molecule has 1 heterocycles. The molecule has 1 aliphatic rings. The molecule has 6 N–H and O–H groups in total. The van der Waals surface area contributed by atoms with Crippen molar-refractivity contribution in [2.24, 2.45) is 0 Å². The lowest BCUT2D eigenvalue weighted by Gasteiger charge is -2.40. The number of aliphatic hydroxyl groups excluding tert-OH is 5. The molecule has 0 bridgehead atoms. The first-order valence-corrected chi connectivity index (χ1v) is 19.9. The van der Waals surface area contributed by atoms with Gasteiger partial charge in [-0.15, -0.1) is 0 Å². The molecule has 1 aliphatic heterocycles. The number of amides is 1. The molecule has 0 aromatic heterocycles. The Hall–Kier alpha value is -1.07. The first kappa shape index (κ1) is 45.0. The second kappa shape index (κ2) is 30.7. The molecule has 0 saturated carbocycles. The van der Waals surface area contributed by atoms with Gasteiger partial charge in [0.1, 0.15) is 24.4 Å². The SMILES string of the molecule is CCCCCCCCCCCCCCCC/C=C/[C@@H](O)[C@H](CO[C@@H]1O[C@H](CO)[C@H](O)C(O)C1O)NC(=O)CCCCCCCCCCC. The Kier molecular flexibility index (Phi) is 28.8. The van der Waals surface area contributed by atoms with Gasteiger partial charge in [0, 0.05) is 6.42 Å². The number of aliphatic hydroxyl groups is 5. The van der Waals surface area contributed by atoms with Gasteiger partial charge in [-0.05, 0) is 19.3 Å². The van der Waals surface area contributed by atoms with Crippen LogP contribution in [-0.2, 0) is 14.3 Å². The highest BCUT2D eigenvalue weighted by atomic mass is 16.7. The number of allylic oxidation sites excluding steroid dienone is 1. The lowest BCUT2D eigenvalue weighted by atomic mass is 9.99. The fourth-order valence-electron chi connectivity index (χ4n) is 6.33. The molecule has 48 heavy (non-hydrogen) atoms. The number of hydrogen-bond acceptors (Lipinski definition) is 8. The number of hydrogen-bond donors (Lipinski definition) is 6. The third-order valence-electron chi connectivity index (χ3n) is 9.61. The summed E-state index contributed by atoms with van der Waals surface area (Å²) >= 11 is 0. The monoisotopic (exact) mass is 686 g/mol. The maximum atomic E-state index is 12.8. The molecule has 9 heteroatoms. The highest BCUT2D eigenvalue weighted by Crippen LogP contribution is 2.22. The van der Waals surface area contributed by atoms with Gasteiger partial charge in [-0.2, -0.15) is 0 Å². The Balaban J connectivity index is 2.42. The van der Waals surface area contributed by atoms with Gasteiger partial charge in [0.2, 0.25) is 5.91 Å². The van der Waals surface area contributed by atoms with Gasteiger partial charge in [-0.1, -0.05) is 161 Å². The topological polar surface area (TPSA) is 149 Å². The highest BCUT2D eigenvalue weighted by Gasteiger charge is 2.44. The minimum Gasteiger partial charge on any atom is -0.394 e. The van der Waals surface area contributed by atoms with E-state index in [0.29, 0.717) is 6.42 Å². The standard InChI is InChI=1S/C39H75NO8/c1-3-5-7-9-11-13-14-15-16-17-18-19-21-22-24-26-28-33(42)32(31-47-39-38(46)37(45)36(44)34(30-41)48-39)40-35(43)29-27-25-23-20-12-10-8-6-4-2/h26,28,32-34,36-39,41-42,44-46H,3-25,27,29-31H2,1-2H3,(H,40,43)/b28-26+/t32-,33+,34+,36-,37?,38?,39+/m0/s1. The van der Waals surface area contributed by atoms with Gasteiger partial charge in [0.15, 0.2) is 6.29 Å². The maximum absolute atomic E-state index is 12.8. The second-order valence-corrected chi connectivity index (χ2v) is 14.1. The van der Waals surface area contributed by atoms with E-state index in [1.54, 1.807) is 6.08 Å². The number of rotatable bonds is 32. The van der Waals surface area contributed by atoms with Crippen LogP contribution < -0.4 is 5.32 Å². The summed E-state index contributed by atoms with van der Waals surface area (Å²) in [6, 6.07) is -0.795. The molecule has 0 aliphatic carbocycles. The average molecular weight is 686 g/mol. The Morgan fingerprint density at radius 3 is 1.62 bits per heavy atom. The number of nitrogens with one attached hydrogen (secondary N) is 1. The third kappa shape index (κ3) is 21.9. The van der Waals surface area contributed by atoms with Crippen molar-refractivity contribution in [3.8, 4) is 0 Å². The molecule has 9 nitrogen and oxygen atoms in total. The van der Waals surface area contributed by atoms with Gasteiger partial charge >= 0.3 is 0 Å². The van der Waals surface area contributed by atoms with Gasteiger partial charge in [-0.25, -0.2) is 0 Å². The van der Waals surface area contributed by atoms with Crippen LogP contribution in [0.5, 0.6) is 0 Å². The van der Waals surface area contributed by atoms with Crippen molar-refractivity contribution in [1.29, 1.82) is 0 Å². The molecule has 1 saturated heterocycles. The largest absolute Gasteiger partial charge is 0.394 e. The van der Waals surface area contributed by atoms with Crippen molar-refractivity contribution in [2.45, 2.75) is 217 Å². The first-order valence-electron chi connectivity index (χ1n) is 19.9. The predicted molar refractivity (Wildman–Crippen MR) is 194 cm³/mol. The van der Waals surface area contributed by atoms with Crippen LogP contribution in [0.15, 0.2) is 12.2 Å². The molecule has 0 aromatic carbocycles. The lowest BCUT2D eigenvalue weighted by molar-refractivity contribution is -0.302. The van der Waals surface area contributed by atoms with E-state index in [4.69, 9.17) is 9.47 Å². The first-order chi connectivity index (χ1) is 23.3. The normalized spacial score (nSPS) is 22.7. The van der Waals surface area contributed by atoms with Crippen molar-refractivity contribution in [3.63, 3.8) is 0 Å². The van der Waals surface area contributed by atoms with Crippen LogP contribution in [0.25, 0.3) is 0 Å². The molecule has 7 atom stereocenters. The van der Waals surface area contributed by atoms with E-state index < -0.39 is 49.5 Å². The van der Waals surface area contributed by atoms with E-state index in [9.17, 15) is 30.3 Å². The maximum Gasteiger partial charge on any atom is 0.220 e. The molecule has 1 rings (SSSR count). The molecule has 1 amide bonds. The summed E-state index contributed by atoms with van der Waals surface area (Å²) in [7, 11) is 0. The average Bonchev–Trinajstić information content (AvgIpc) is 3.08. The Morgan fingerprint density at radius 2 is 1.15 bits per heavy atom. The van der Waals surface area contributed by atoms with Crippen LogP contribution in [0.3, 0.4) is 0 Å². The summed E-state index contributed by atoms with van der Waals surface area (Å²) in [6.45, 7) is 3.73. The third-order valence-corrected chi connectivity index (χ3v) is 9.61. The van der Waals surface area contributed by atoms with E-state index in [-0.39, 0.29) is 12.5 Å². The van der Waals surface area contributed by atoms with Gasteiger partial charge in [0.05, 0.1) is 25.4 Å². The molecule has 1 fully saturated rings. The van der Waals surface area contributed by atoms with Crippen LogP contribution in [0.2, 0.25) is 0 Å². The van der Waals surface area contributed by atoms with Crippen molar-refractivity contribution < 1.29 is 39.8 Å². The van der Waals surface area contributed by atoms with E-state index in [1.165, 1.54) is 116 Å². The fourth-order valence-corrected chi connectivity index (χ4v) is 6.33. The fraction of sp³-hybridized carbons (Fsp3) is 0.923. The Labute approximate surface area is 293 Å². The molecule has 0 spiro atoms. The van der Waals surface area contributed by atoms with Crippen LogP contribution in [0.4, 0.5) is 0 Å². The van der Waals surface area contributed by atoms with Gasteiger partial charge < -0.3 is 40.3 Å². The van der Waals surface area contributed by atoms with E-state index in [2.05, 4.69) is 19.2 Å².